The van der Waals surface area contributed by atoms with Crippen molar-refractivity contribution >= 4 is 5.91 Å². The Morgan fingerprint density at radius 2 is 2.00 bits per heavy atom. The van der Waals surface area contributed by atoms with Crippen LogP contribution in [0.5, 0.6) is 0 Å². The molecule has 0 bridgehead atoms. The molecule has 0 aliphatic carbocycles. The van der Waals surface area contributed by atoms with Gasteiger partial charge in [0, 0.05) is 31.6 Å². The van der Waals surface area contributed by atoms with Crippen LogP contribution in [0.4, 0.5) is 0 Å². The van der Waals surface area contributed by atoms with Gasteiger partial charge in [0.1, 0.15) is 0 Å². The van der Waals surface area contributed by atoms with Gasteiger partial charge in [-0.15, -0.1) is 5.10 Å². The zero-order valence-corrected chi connectivity index (χ0v) is 16.8. The Hall–Kier alpha value is -1.43. The summed E-state index contributed by atoms with van der Waals surface area (Å²) in [5.74, 6) is 0.326. The minimum absolute atomic E-state index is 0.271. The number of piperidine rings is 1. The van der Waals surface area contributed by atoms with Crippen molar-refractivity contribution in [1.82, 2.24) is 24.8 Å². The molecule has 0 aromatic carbocycles. The fraction of sp³-hybridized carbons (Fsp3) is 0.850. The Bertz CT molecular complexity index is 589. The first-order valence-corrected chi connectivity index (χ1v) is 10.4. The molecule has 1 amide bonds. The van der Waals surface area contributed by atoms with Crippen molar-refractivity contribution in [2.75, 3.05) is 19.6 Å². The predicted molar refractivity (Wildman–Crippen MR) is 103 cm³/mol. The molecule has 1 aromatic heterocycles. The molecule has 1 aromatic rings. The highest BCUT2D eigenvalue weighted by molar-refractivity contribution is 5.76. The second-order valence-corrected chi connectivity index (χ2v) is 8.60. The zero-order valence-electron chi connectivity index (χ0n) is 16.8. The van der Waals surface area contributed by atoms with E-state index in [-0.39, 0.29) is 5.54 Å². The lowest BCUT2D eigenvalue weighted by Crippen LogP contribution is -2.39. The van der Waals surface area contributed by atoms with Crippen LogP contribution in [0.25, 0.3) is 0 Å². The predicted octanol–water partition coefficient (Wildman–Crippen LogP) is 3.40. The Labute approximate surface area is 157 Å². The second-order valence-electron chi connectivity index (χ2n) is 8.60. The third kappa shape index (κ3) is 4.64. The topological polar surface area (TPSA) is 54.3 Å². The van der Waals surface area contributed by atoms with Crippen molar-refractivity contribution in [2.24, 2.45) is 0 Å². The SMILES string of the molecule is CCCCCC(=O)N1CCC(n2cc(CN3CCCC3(C)C)nn2)CC1. The van der Waals surface area contributed by atoms with Gasteiger partial charge in [-0.3, -0.25) is 9.69 Å². The molecule has 6 nitrogen and oxygen atoms in total. The van der Waals surface area contributed by atoms with Gasteiger partial charge in [0.25, 0.3) is 0 Å². The van der Waals surface area contributed by atoms with E-state index in [0.29, 0.717) is 18.4 Å². The Balaban J connectivity index is 1.48. The molecule has 0 N–H and O–H groups in total. The average Bonchev–Trinajstić information content (AvgIpc) is 3.22. The van der Waals surface area contributed by atoms with Gasteiger partial charge < -0.3 is 4.90 Å². The molecule has 2 fully saturated rings. The number of carbonyl (C=O) groups excluding carboxylic acids is 1. The highest BCUT2D eigenvalue weighted by Crippen LogP contribution is 2.29. The van der Waals surface area contributed by atoms with E-state index in [1.54, 1.807) is 0 Å². The van der Waals surface area contributed by atoms with Crippen molar-refractivity contribution in [2.45, 2.75) is 90.3 Å². The summed E-state index contributed by atoms with van der Waals surface area (Å²) >= 11 is 0. The van der Waals surface area contributed by atoms with Crippen LogP contribution >= 0.6 is 0 Å². The van der Waals surface area contributed by atoms with E-state index in [0.717, 1.165) is 57.6 Å². The van der Waals surface area contributed by atoms with E-state index in [9.17, 15) is 4.79 Å². The van der Waals surface area contributed by atoms with E-state index < -0.39 is 0 Å². The van der Waals surface area contributed by atoms with Gasteiger partial charge in [0.15, 0.2) is 0 Å². The summed E-state index contributed by atoms with van der Waals surface area (Å²) in [6, 6.07) is 0.377. The van der Waals surface area contributed by atoms with Crippen LogP contribution < -0.4 is 0 Å². The monoisotopic (exact) mass is 361 g/mol. The van der Waals surface area contributed by atoms with Crippen LogP contribution in [0.15, 0.2) is 6.20 Å². The number of likely N-dealkylation sites (tertiary alicyclic amines) is 2. The first-order valence-electron chi connectivity index (χ1n) is 10.4. The highest BCUT2D eigenvalue weighted by Gasteiger charge is 2.32. The number of rotatable bonds is 7. The summed E-state index contributed by atoms with van der Waals surface area (Å²) in [6.07, 6.45) is 10.7. The van der Waals surface area contributed by atoms with Gasteiger partial charge in [-0.05, 0) is 52.5 Å². The van der Waals surface area contributed by atoms with E-state index >= 15 is 0 Å². The second kappa shape index (κ2) is 8.51. The van der Waals surface area contributed by atoms with Crippen LogP contribution in [0, 0.1) is 0 Å². The first-order chi connectivity index (χ1) is 12.5. The van der Waals surface area contributed by atoms with Gasteiger partial charge in [-0.1, -0.05) is 25.0 Å². The zero-order chi connectivity index (χ0) is 18.6. The van der Waals surface area contributed by atoms with E-state index in [1.165, 1.54) is 19.3 Å². The van der Waals surface area contributed by atoms with Crippen LogP contribution in [0.2, 0.25) is 0 Å². The molecule has 26 heavy (non-hydrogen) atoms. The molecule has 146 valence electrons. The first kappa shape index (κ1) is 19.3. The summed E-state index contributed by atoms with van der Waals surface area (Å²) in [4.78, 5) is 16.8. The highest BCUT2D eigenvalue weighted by atomic mass is 16.2. The van der Waals surface area contributed by atoms with Crippen molar-refractivity contribution in [3.05, 3.63) is 11.9 Å². The van der Waals surface area contributed by atoms with Crippen molar-refractivity contribution in [3.8, 4) is 0 Å². The van der Waals surface area contributed by atoms with E-state index in [1.807, 2.05) is 9.58 Å². The fourth-order valence-corrected chi connectivity index (χ4v) is 4.28. The largest absolute Gasteiger partial charge is 0.343 e. The molecule has 3 rings (SSSR count). The number of amides is 1. The van der Waals surface area contributed by atoms with Crippen LogP contribution in [0.3, 0.4) is 0 Å². The Morgan fingerprint density at radius 1 is 1.23 bits per heavy atom. The summed E-state index contributed by atoms with van der Waals surface area (Å²) in [6.45, 7) is 10.6. The maximum atomic E-state index is 12.3. The normalized spacial score (nSPS) is 21.4. The smallest absolute Gasteiger partial charge is 0.222 e. The van der Waals surface area contributed by atoms with Gasteiger partial charge in [-0.2, -0.15) is 0 Å². The molecule has 0 radical (unpaired) electrons. The molecule has 0 unspecified atom stereocenters. The molecule has 2 saturated heterocycles. The van der Waals surface area contributed by atoms with E-state index in [4.69, 9.17) is 0 Å². The maximum Gasteiger partial charge on any atom is 0.222 e. The summed E-state index contributed by atoms with van der Waals surface area (Å²) in [5, 5.41) is 8.81. The molecule has 6 heteroatoms. The quantitative estimate of drug-likeness (QED) is 0.699. The van der Waals surface area contributed by atoms with Crippen molar-refractivity contribution in [1.29, 1.82) is 0 Å². The Kier molecular flexibility index (Phi) is 6.33. The molecule has 0 atom stereocenters. The van der Waals surface area contributed by atoms with Crippen LogP contribution in [-0.4, -0.2) is 55.9 Å². The molecule has 2 aliphatic heterocycles. The van der Waals surface area contributed by atoms with Crippen LogP contribution in [0.1, 0.15) is 83.9 Å². The lowest BCUT2D eigenvalue weighted by Gasteiger charge is -2.32. The summed E-state index contributed by atoms with van der Waals surface area (Å²) in [5.41, 5.74) is 1.34. The molecular weight excluding hydrogens is 326 g/mol. The van der Waals surface area contributed by atoms with E-state index in [2.05, 4.69) is 42.2 Å². The van der Waals surface area contributed by atoms with Crippen molar-refractivity contribution in [3.63, 3.8) is 0 Å². The number of aromatic nitrogens is 3. The fourth-order valence-electron chi connectivity index (χ4n) is 4.28. The van der Waals surface area contributed by atoms with Gasteiger partial charge in [-0.25, -0.2) is 4.68 Å². The van der Waals surface area contributed by atoms with Gasteiger partial charge in [0.05, 0.1) is 17.9 Å². The molecule has 0 spiro atoms. The molecule has 3 heterocycles. The number of nitrogens with zero attached hydrogens (tertiary/aromatic N) is 5. The Morgan fingerprint density at radius 3 is 2.65 bits per heavy atom. The minimum Gasteiger partial charge on any atom is -0.343 e. The average molecular weight is 362 g/mol. The minimum atomic E-state index is 0.271. The number of carbonyl (C=O) groups is 1. The lowest BCUT2D eigenvalue weighted by atomic mass is 10.0. The number of unbranched alkanes of at least 4 members (excludes halogenated alkanes) is 2. The summed E-state index contributed by atoms with van der Waals surface area (Å²) < 4.78 is 2.04. The third-order valence-corrected chi connectivity index (χ3v) is 6.17. The van der Waals surface area contributed by atoms with Gasteiger partial charge in [0.2, 0.25) is 5.91 Å². The number of hydrogen-bond acceptors (Lipinski definition) is 4. The molecular formula is C20H35N5O. The number of hydrogen-bond donors (Lipinski definition) is 0. The van der Waals surface area contributed by atoms with Crippen LogP contribution in [-0.2, 0) is 11.3 Å². The lowest BCUT2D eigenvalue weighted by molar-refractivity contribution is -0.132. The third-order valence-electron chi connectivity index (χ3n) is 6.17. The van der Waals surface area contributed by atoms with Gasteiger partial charge >= 0.3 is 0 Å². The molecule has 0 saturated carbocycles. The standard InChI is InChI=1S/C20H35N5O/c1-4-5-6-8-19(26)23-13-9-18(10-14-23)25-16-17(21-22-25)15-24-12-7-11-20(24,2)3/h16,18H,4-15H2,1-3H3. The van der Waals surface area contributed by atoms with Crippen molar-refractivity contribution < 1.29 is 4.79 Å². The summed E-state index contributed by atoms with van der Waals surface area (Å²) in [7, 11) is 0. The maximum absolute atomic E-state index is 12.3. The molecule has 2 aliphatic rings.